The van der Waals surface area contributed by atoms with Crippen LogP contribution in [0.1, 0.15) is 273 Å². The SMILES string of the molecule is CN1CCC[C@H]1c1cnc(Cl)c2c1CCCO2.CN1CCC[C@H]1c1cnc(Cl)c2c1OCCC2.CN1CCC[C@H]1c1cnc(Cl)c2c1OCCO2.CN1CCC[C@H]1c1cncc2c1CCCN2.CN1CCC[C@H]1c1cncc2c1NCCN2.Cc1ncc([C@@H]2CCCN2C)c2c1CCCN2.Cc1ncc([C@@H]2CCCN2C)c2c1CCCN2C.Cc1ncc([C@@H]2CCCN2C)c2c1OCCN2. The maximum atomic E-state index is 6.15. The second-order valence-electron chi connectivity index (χ2n) is 39.9. The first-order chi connectivity index (χ1) is 65.8. The third-order valence-corrected chi connectivity index (χ3v) is 32.0. The second kappa shape index (κ2) is 46.1. The van der Waals surface area contributed by atoms with Crippen molar-refractivity contribution in [1.29, 1.82) is 0 Å². The first-order valence-electron chi connectivity index (χ1n) is 50.9. The number of nitrogens with zero attached hydrogens (tertiary/aromatic N) is 17. The summed E-state index contributed by atoms with van der Waals surface area (Å²) >= 11 is 18.3. The number of likely N-dealkylation sites (tertiary alicyclic amines) is 8. The smallest absolute Gasteiger partial charge is 0.199 e. The van der Waals surface area contributed by atoms with Crippen molar-refractivity contribution in [2.75, 3.05) is 220 Å². The normalized spacial score (nSPS) is 24.5. The molecule has 0 aliphatic carbocycles. The number of nitrogens with one attached hydrogen (secondary N) is 5. The van der Waals surface area contributed by atoms with E-state index < -0.39 is 0 Å². The Balaban J connectivity index is 0.000000107. The molecule has 8 aromatic heterocycles. The first kappa shape index (κ1) is 98.2. The van der Waals surface area contributed by atoms with Crippen LogP contribution in [0.4, 0.5) is 34.1 Å². The molecule has 0 radical (unpaired) electrons. The predicted molar refractivity (Wildman–Crippen MR) is 545 cm³/mol. The van der Waals surface area contributed by atoms with Crippen molar-refractivity contribution < 1.29 is 23.7 Å². The summed E-state index contributed by atoms with van der Waals surface area (Å²) < 4.78 is 28.5. The zero-order valence-electron chi connectivity index (χ0n) is 82.5. The average Bonchev–Trinajstić information content (AvgIpc) is 1.75. The molecular formula is C105H149Cl3N22O5. The number of hydrogen-bond donors (Lipinski definition) is 5. The van der Waals surface area contributed by atoms with Crippen molar-refractivity contribution in [2.45, 2.75) is 236 Å². The zero-order valence-corrected chi connectivity index (χ0v) is 84.8. The Morgan fingerprint density at radius 3 is 1.20 bits per heavy atom. The largest absolute Gasteiger partial charge is 0.493 e. The van der Waals surface area contributed by atoms with Gasteiger partial charge in [0.1, 0.15) is 30.7 Å². The third-order valence-electron chi connectivity index (χ3n) is 31.1. The van der Waals surface area contributed by atoms with Gasteiger partial charge in [-0.25, -0.2) is 15.0 Å². The molecule has 27 nitrogen and oxygen atoms in total. The molecule has 24 heterocycles. The number of aryl methyl sites for hydroxylation is 3. The van der Waals surface area contributed by atoms with E-state index in [1.54, 1.807) is 0 Å². The van der Waals surface area contributed by atoms with Gasteiger partial charge < -0.3 is 55.2 Å². The van der Waals surface area contributed by atoms with Gasteiger partial charge in [-0.1, -0.05) is 34.8 Å². The fourth-order valence-corrected chi connectivity index (χ4v) is 24.4. The Bertz CT molecular complexity index is 4800. The Hall–Kier alpha value is -8.45. The van der Waals surface area contributed by atoms with Crippen LogP contribution in [-0.4, -0.2) is 267 Å². The van der Waals surface area contributed by atoms with Crippen LogP contribution < -0.4 is 55.2 Å². The van der Waals surface area contributed by atoms with Gasteiger partial charge in [-0.05, 0) is 324 Å². The van der Waals surface area contributed by atoms with E-state index >= 15 is 0 Å². The Morgan fingerprint density at radius 1 is 0.259 bits per heavy atom. The van der Waals surface area contributed by atoms with Crippen LogP contribution in [0.2, 0.25) is 15.5 Å². The fourth-order valence-electron chi connectivity index (χ4n) is 23.8. The number of fused-ring (bicyclic) bond motifs is 8. The van der Waals surface area contributed by atoms with Crippen LogP contribution in [0.25, 0.3) is 0 Å². The highest BCUT2D eigenvalue weighted by atomic mass is 35.5. The summed E-state index contributed by atoms with van der Waals surface area (Å²) in [5, 5.41) is 19.0. The van der Waals surface area contributed by atoms with Crippen molar-refractivity contribution in [3.63, 3.8) is 0 Å². The van der Waals surface area contributed by atoms with E-state index in [9.17, 15) is 0 Å². The number of anilines is 6. The monoisotopic (exact) mass is 1900 g/mol. The second-order valence-corrected chi connectivity index (χ2v) is 41.0. The molecule has 0 bridgehead atoms. The molecule has 730 valence electrons. The predicted octanol–water partition coefficient (Wildman–Crippen LogP) is 18.8. The molecule has 8 atom stereocenters. The minimum absolute atomic E-state index is 0.371. The standard InChI is InChI=1S/C15H23N3.C14H21N3.2C13H17ClN2O.C13H19N3O.C13H19N3.C12H15ClN2O2.C12H18N4/c1-11-12-6-4-9-18(3)15(12)13(10-16-11)14-7-5-8-17(14)2;1-10-11-5-3-7-15-14(11)12(9-16-10)13-6-4-8-17(13)2;1-16-6-2-5-11(16)10-8-15-13(14)9-4-3-7-17-12(9)10;1-16-6-2-5-11(16)10-8-15-13(14)12-9(10)4-3-7-17-12;1-9-13-12(14-5-7-17-13)10(8-15-9)11-4-3-6-16(11)2;1-16-7-3-5-13(16)11-8-14-9-12-10(11)4-2-6-15-12;1-15-4-2-3-9(15)8-7-14-12(13)11-10(8)16-5-6-17-11;1-16-6-2-3-11(16)9-7-13-8-10-12(9)15-5-4-14-10/h10,14H,4-9H2,1-3H3;9,13,15H,3-8H2,1-2H3;2*8,11H,2-7H2,1H3;8,11,14H,3-7H2,1-2H3;8-9,13,15H,2-7H2,1H3;7,9H,2-6H2,1H3;7-8,11,14-15H,2-6H2,1H3/t14-;13-;3*11-;13-;9-;11-/m00000000/s1. The first-order valence-corrected chi connectivity index (χ1v) is 52.0. The molecule has 16 aliphatic heterocycles. The number of hydrogen-bond acceptors (Lipinski definition) is 27. The van der Waals surface area contributed by atoms with Crippen LogP contribution in [0, 0.1) is 20.8 Å². The third kappa shape index (κ3) is 22.4. The molecule has 8 aromatic rings. The highest BCUT2D eigenvalue weighted by Gasteiger charge is 2.38. The van der Waals surface area contributed by atoms with Gasteiger partial charge >= 0.3 is 0 Å². The van der Waals surface area contributed by atoms with Crippen molar-refractivity contribution in [3.05, 3.63) is 167 Å². The van der Waals surface area contributed by atoms with Gasteiger partial charge in [0.15, 0.2) is 33.3 Å². The van der Waals surface area contributed by atoms with Crippen molar-refractivity contribution >= 4 is 68.9 Å². The summed E-state index contributed by atoms with van der Waals surface area (Å²) in [6, 6.07) is 4.09. The molecule has 16 aliphatic rings. The molecule has 0 saturated carbocycles. The number of aromatic nitrogens is 8. The number of pyridine rings is 8. The lowest BCUT2D eigenvalue weighted by Crippen LogP contribution is -2.29. The molecule has 30 heteroatoms. The maximum Gasteiger partial charge on any atom is 0.199 e. The van der Waals surface area contributed by atoms with Crippen molar-refractivity contribution in [1.82, 2.24) is 79.1 Å². The van der Waals surface area contributed by atoms with Crippen LogP contribution >= 0.6 is 34.8 Å². The lowest BCUT2D eigenvalue weighted by molar-refractivity contribution is 0.165. The van der Waals surface area contributed by atoms with Gasteiger partial charge in [0.25, 0.3) is 0 Å². The van der Waals surface area contributed by atoms with E-state index in [0.717, 1.165) is 143 Å². The number of ether oxygens (including phenoxy) is 5. The summed E-state index contributed by atoms with van der Waals surface area (Å²) in [5.41, 5.74) is 28.6. The lowest BCUT2D eigenvalue weighted by Gasteiger charge is -2.33. The van der Waals surface area contributed by atoms with Crippen LogP contribution in [0.3, 0.4) is 0 Å². The van der Waals surface area contributed by atoms with Gasteiger partial charge in [-0.3, -0.25) is 64.1 Å². The van der Waals surface area contributed by atoms with E-state index in [-0.39, 0.29) is 0 Å². The molecule has 135 heavy (non-hydrogen) atoms. The molecule has 8 fully saturated rings. The quantitative estimate of drug-likeness (QED) is 0.0889. The molecule has 0 amide bonds. The molecule has 5 N–H and O–H groups in total. The van der Waals surface area contributed by atoms with Gasteiger partial charge in [-0.2, -0.15) is 0 Å². The van der Waals surface area contributed by atoms with Gasteiger partial charge in [0.05, 0.1) is 54.1 Å². The van der Waals surface area contributed by atoms with E-state index in [2.05, 4.69) is 206 Å². The minimum Gasteiger partial charge on any atom is -0.493 e. The van der Waals surface area contributed by atoms with Crippen molar-refractivity contribution in [2.24, 2.45) is 0 Å². The van der Waals surface area contributed by atoms with E-state index in [0.29, 0.717) is 82.8 Å². The maximum absolute atomic E-state index is 6.15. The topological polar surface area (TPSA) is 239 Å². The average molecular weight is 1910 g/mol. The Labute approximate surface area is 817 Å². The summed E-state index contributed by atoms with van der Waals surface area (Å²) in [6.07, 6.45) is 51.5. The van der Waals surface area contributed by atoms with Crippen LogP contribution in [0.15, 0.2) is 62.0 Å². The molecule has 24 rings (SSSR count). The minimum atomic E-state index is 0.371. The van der Waals surface area contributed by atoms with Crippen LogP contribution in [-0.2, 0) is 32.1 Å². The number of rotatable bonds is 8. The van der Waals surface area contributed by atoms with Gasteiger partial charge in [-0.15, -0.1) is 0 Å². The van der Waals surface area contributed by atoms with Gasteiger partial charge in [0, 0.05) is 211 Å². The summed E-state index contributed by atoms with van der Waals surface area (Å²) in [6.45, 7) is 25.4. The molecule has 0 aromatic carbocycles. The van der Waals surface area contributed by atoms with Crippen LogP contribution in [0.5, 0.6) is 28.7 Å². The highest BCUT2D eigenvalue weighted by molar-refractivity contribution is 6.31. The van der Waals surface area contributed by atoms with E-state index in [4.69, 9.17) is 58.5 Å². The molecule has 8 saturated heterocycles. The molecule has 0 spiro atoms. The molecular weight excluding hydrogens is 1760 g/mol. The van der Waals surface area contributed by atoms with Gasteiger partial charge in [0.2, 0.25) is 0 Å². The van der Waals surface area contributed by atoms with E-state index in [1.165, 1.54) is 282 Å². The Morgan fingerprint density at radius 2 is 0.630 bits per heavy atom. The van der Waals surface area contributed by atoms with E-state index in [1.807, 2.05) is 50.3 Å². The fraction of sp³-hybridized carbons (Fsp3) is 0.619. The molecule has 0 unspecified atom stereocenters. The summed E-state index contributed by atoms with van der Waals surface area (Å²) in [4.78, 5) is 57.1. The summed E-state index contributed by atoms with van der Waals surface area (Å²) in [5.74, 6) is 4.19. The number of halogens is 3. The lowest BCUT2D eigenvalue weighted by atomic mass is 9.94. The summed E-state index contributed by atoms with van der Waals surface area (Å²) in [7, 11) is 19.8. The Kier molecular flexibility index (Phi) is 33.5. The highest BCUT2D eigenvalue weighted by Crippen LogP contribution is 2.50. The zero-order chi connectivity index (χ0) is 93.8. The van der Waals surface area contributed by atoms with Crippen molar-refractivity contribution in [3.8, 4) is 28.7 Å².